The lowest BCUT2D eigenvalue weighted by atomic mass is 9.99. The topological polar surface area (TPSA) is 49.8 Å². The Balaban J connectivity index is 2.25. The molecule has 20 heavy (non-hydrogen) atoms. The first-order chi connectivity index (χ1) is 9.65. The van der Waals surface area contributed by atoms with Gasteiger partial charge in [-0.3, -0.25) is 4.79 Å². The molecule has 1 aliphatic rings. The zero-order chi connectivity index (χ0) is 14.5. The number of halogens is 1. The van der Waals surface area contributed by atoms with E-state index in [-0.39, 0.29) is 30.5 Å². The van der Waals surface area contributed by atoms with Crippen LogP contribution in [0.5, 0.6) is 0 Å². The minimum atomic E-state index is -0.665. The van der Waals surface area contributed by atoms with E-state index in [1.54, 1.807) is 4.90 Å². The van der Waals surface area contributed by atoms with Gasteiger partial charge in [-0.2, -0.15) is 0 Å². The van der Waals surface area contributed by atoms with Gasteiger partial charge in [0.15, 0.2) is 0 Å². The van der Waals surface area contributed by atoms with Crippen LogP contribution in [0, 0.1) is 0 Å². The molecule has 4 nitrogen and oxygen atoms in total. The number of carbonyl (C=O) groups is 1. The van der Waals surface area contributed by atoms with Crippen molar-refractivity contribution >= 4 is 17.5 Å². The lowest BCUT2D eigenvalue weighted by Gasteiger charge is -2.41. The summed E-state index contributed by atoms with van der Waals surface area (Å²) in [6.45, 7) is 2.77. The van der Waals surface area contributed by atoms with Crippen LogP contribution in [0.1, 0.15) is 24.9 Å². The standard InChI is InChI=1S/C15H20ClNO3/c1-11(12-5-3-2-4-6-12)17(15(19)9-16)13-7-8-20-10-14(13)18/h2-6,11,13-14,18H,7-10H2,1H3/t11-,13-,14?/m0/s1. The van der Waals surface area contributed by atoms with Crippen molar-refractivity contribution in [1.82, 2.24) is 4.90 Å². The van der Waals surface area contributed by atoms with Gasteiger partial charge in [0, 0.05) is 6.61 Å². The molecule has 1 aromatic carbocycles. The average Bonchev–Trinajstić information content (AvgIpc) is 2.50. The maximum absolute atomic E-state index is 12.2. The highest BCUT2D eigenvalue weighted by Crippen LogP contribution is 2.27. The van der Waals surface area contributed by atoms with Crippen molar-refractivity contribution in [1.29, 1.82) is 0 Å². The zero-order valence-electron chi connectivity index (χ0n) is 11.5. The first-order valence-electron chi connectivity index (χ1n) is 6.83. The van der Waals surface area contributed by atoms with Gasteiger partial charge < -0.3 is 14.7 Å². The third-order valence-corrected chi connectivity index (χ3v) is 3.98. The van der Waals surface area contributed by atoms with E-state index in [4.69, 9.17) is 16.3 Å². The number of aliphatic hydroxyl groups is 1. The molecule has 1 saturated heterocycles. The quantitative estimate of drug-likeness (QED) is 0.865. The first-order valence-corrected chi connectivity index (χ1v) is 7.36. The van der Waals surface area contributed by atoms with Gasteiger partial charge in [-0.25, -0.2) is 0 Å². The van der Waals surface area contributed by atoms with Crippen LogP contribution < -0.4 is 0 Å². The molecule has 1 fully saturated rings. The number of benzene rings is 1. The van der Waals surface area contributed by atoms with Crippen LogP contribution in [0.3, 0.4) is 0 Å². The van der Waals surface area contributed by atoms with Crippen molar-refractivity contribution in [2.45, 2.75) is 31.5 Å². The highest BCUT2D eigenvalue weighted by molar-refractivity contribution is 6.27. The molecule has 2 rings (SSSR count). The summed E-state index contributed by atoms with van der Waals surface area (Å²) in [4.78, 5) is 13.9. The van der Waals surface area contributed by atoms with Crippen LogP contribution in [0.2, 0.25) is 0 Å². The van der Waals surface area contributed by atoms with Crippen molar-refractivity contribution < 1.29 is 14.6 Å². The van der Waals surface area contributed by atoms with Crippen LogP contribution in [-0.4, -0.2) is 47.2 Å². The number of nitrogens with zero attached hydrogens (tertiary/aromatic N) is 1. The molecule has 1 heterocycles. The molecular formula is C15H20ClNO3. The van der Waals surface area contributed by atoms with Crippen LogP contribution in [0.4, 0.5) is 0 Å². The molecular weight excluding hydrogens is 278 g/mol. The first kappa shape index (κ1) is 15.3. The molecule has 1 aliphatic heterocycles. The number of hydrogen-bond acceptors (Lipinski definition) is 3. The normalized spacial score (nSPS) is 24.1. The molecule has 0 saturated carbocycles. The summed E-state index contributed by atoms with van der Waals surface area (Å²) in [7, 11) is 0. The predicted octanol–water partition coefficient (Wildman–Crippen LogP) is 1.96. The summed E-state index contributed by atoms with van der Waals surface area (Å²) in [6, 6.07) is 9.40. The fourth-order valence-electron chi connectivity index (χ4n) is 2.69. The van der Waals surface area contributed by atoms with Crippen LogP contribution in [0.15, 0.2) is 30.3 Å². The third-order valence-electron chi connectivity index (χ3n) is 3.75. The summed E-state index contributed by atoms with van der Waals surface area (Å²) in [6.07, 6.45) is -0.0388. The summed E-state index contributed by atoms with van der Waals surface area (Å²) >= 11 is 5.74. The molecule has 110 valence electrons. The number of ether oxygens (including phenoxy) is 1. The van der Waals surface area contributed by atoms with E-state index in [0.29, 0.717) is 13.0 Å². The van der Waals surface area contributed by atoms with Gasteiger partial charge in [0.25, 0.3) is 0 Å². The van der Waals surface area contributed by atoms with Crippen molar-refractivity contribution in [2.24, 2.45) is 0 Å². The van der Waals surface area contributed by atoms with Gasteiger partial charge in [0.1, 0.15) is 5.88 Å². The Bertz CT molecular complexity index is 440. The van der Waals surface area contributed by atoms with Gasteiger partial charge in [-0.1, -0.05) is 30.3 Å². The molecule has 0 bridgehead atoms. The Kier molecular flexibility index (Phi) is 5.40. The van der Waals surface area contributed by atoms with Gasteiger partial charge in [-0.05, 0) is 18.9 Å². The van der Waals surface area contributed by atoms with Crippen LogP contribution in [0.25, 0.3) is 0 Å². The maximum Gasteiger partial charge on any atom is 0.238 e. The van der Waals surface area contributed by atoms with Crippen molar-refractivity contribution in [3.8, 4) is 0 Å². The van der Waals surface area contributed by atoms with Crippen LogP contribution >= 0.6 is 11.6 Å². The largest absolute Gasteiger partial charge is 0.389 e. The monoisotopic (exact) mass is 297 g/mol. The molecule has 3 atom stereocenters. The Morgan fingerprint density at radius 2 is 2.20 bits per heavy atom. The fraction of sp³-hybridized carbons (Fsp3) is 0.533. The lowest BCUT2D eigenvalue weighted by molar-refractivity contribution is -0.142. The smallest absolute Gasteiger partial charge is 0.238 e. The van der Waals surface area contributed by atoms with E-state index >= 15 is 0 Å². The molecule has 0 aromatic heterocycles. The van der Waals surface area contributed by atoms with Gasteiger partial charge in [0.05, 0.1) is 24.8 Å². The van der Waals surface area contributed by atoms with E-state index in [9.17, 15) is 9.90 Å². The fourth-order valence-corrected chi connectivity index (χ4v) is 2.82. The van der Waals surface area contributed by atoms with E-state index < -0.39 is 6.10 Å². The molecule has 5 heteroatoms. The molecule has 0 radical (unpaired) electrons. The highest BCUT2D eigenvalue weighted by Gasteiger charge is 2.35. The molecule has 0 aliphatic carbocycles. The van der Waals surface area contributed by atoms with E-state index in [0.717, 1.165) is 5.56 Å². The SMILES string of the molecule is C[C@@H](c1ccccc1)N(C(=O)CCl)[C@H]1CCOCC1O. The third kappa shape index (κ3) is 3.32. The Hall–Kier alpha value is -1.10. The summed E-state index contributed by atoms with van der Waals surface area (Å²) < 4.78 is 5.24. The zero-order valence-corrected chi connectivity index (χ0v) is 12.3. The summed E-state index contributed by atoms with van der Waals surface area (Å²) in [5.74, 6) is -0.240. The number of amides is 1. The van der Waals surface area contributed by atoms with E-state index in [2.05, 4.69) is 0 Å². The minimum Gasteiger partial charge on any atom is -0.389 e. The van der Waals surface area contributed by atoms with Gasteiger partial charge in [0.2, 0.25) is 5.91 Å². The predicted molar refractivity (Wildman–Crippen MR) is 77.7 cm³/mol. The second-order valence-electron chi connectivity index (χ2n) is 5.02. The van der Waals surface area contributed by atoms with Gasteiger partial charge in [-0.15, -0.1) is 11.6 Å². The molecule has 1 amide bonds. The Morgan fingerprint density at radius 1 is 1.50 bits per heavy atom. The van der Waals surface area contributed by atoms with Crippen LogP contribution in [-0.2, 0) is 9.53 Å². The number of alkyl halides is 1. The molecule has 1 unspecified atom stereocenters. The maximum atomic E-state index is 12.2. The molecule has 1 aromatic rings. The van der Waals surface area contributed by atoms with Crippen molar-refractivity contribution in [2.75, 3.05) is 19.1 Å². The minimum absolute atomic E-state index is 0.0821. The van der Waals surface area contributed by atoms with E-state index in [1.165, 1.54) is 0 Å². The van der Waals surface area contributed by atoms with Gasteiger partial charge >= 0.3 is 0 Å². The molecule has 1 N–H and O–H groups in total. The second kappa shape index (κ2) is 7.07. The highest BCUT2D eigenvalue weighted by atomic mass is 35.5. The average molecular weight is 298 g/mol. The van der Waals surface area contributed by atoms with Crippen molar-refractivity contribution in [3.05, 3.63) is 35.9 Å². The number of hydrogen-bond donors (Lipinski definition) is 1. The number of rotatable bonds is 4. The summed E-state index contributed by atoms with van der Waals surface area (Å²) in [5, 5.41) is 10.1. The summed E-state index contributed by atoms with van der Waals surface area (Å²) in [5.41, 5.74) is 1.03. The second-order valence-corrected chi connectivity index (χ2v) is 5.29. The number of carbonyl (C=O) groups excluding carboxylic acids is 1. The number of aliphatic hydroxyl groups excluding tert-OH is 1. The Labute approximate surface area is 124 Å². The van der Waals surface area contributed by atoms with E-state index in [1.807, 2.05) is 37.3 Å². The lowest BCUT2D eigenvalue weighted by Crippen LogP contribution is -2.52. The Morgan fingerprint density at radius 3 is 2.80 bits per heavy atom. The van der Waals surface area contributed by atoms with Crippen molar-refractivity contribution in [3.63, 3.8) is 0 Å². The molecule has 0 spiro atoms.